The van der Waals surface area contributed by atoms with E-state index in [1.54, 1.807) is 12.1 Å². The molecule has 1 atom stereocenters. The van der Waals surface area contributed by atoms with Crippen LogP contribution in [0.15, 0.2) is 58.1 Å². The molecule has 0 spiro atoms. The van der Waals surface area contributed by atoms with Crippen LogP contribution in [0.4, 0.5) is 0 Å². The highest BCUT2D eigenvalue weighted by Crippen LogP contribution is 2.19. The summed E-state index contributed by atoms with van der Waals surface area (Å²) in [5.74, 6) is 0.365. The summed E-state index contributed by atoms with van der Waals surface area (Å²) in [5.41, 5.74) is 2.23. The number of benzene rings is 2. The van der Waals surface area contributed by atoms with Crippen molar-refractivity contribution in [2.75, 3.05) is 0 Å². The molecule has 0 N–H and O–H groups in total. The van der Waals surface area contributed by atoms with Crippen molar-refractivity contribution < 1.29 is 4.79 Å². The second-order valence-electron chi connectivity index (χ2n) is 6.19. The number of fused-ring (bicyclic) bond motifs is 1. The number of carbonyl (C=O) groups is 1. The number of aromatic nitrogens is 2. The Hall–Kier alpha value is -2.27. The Morgan fingerprint density at radius 1 is 1.20 bits per heavy atom. The van der Waals surface area contributed by atoms with Gasteiger partial charge in [0, 0.05) is 10.0 Å². The van der Waals surface area contributed by atoms with E-state index in [2.05, 4.69) is 34.8 Å². The van der Waals surface area contributed by atoms with E-state index in [0.717, 1.165) is 10.9 Å². The Kier molecular flexibility index (Phi) is 5.13. The fourth-order valence-corrected chi connectivity index (χ4v) is 3.08. The minimum Gasteiger partial charge on any atom is -0.292 e. The third-order valence-electron chi connectivity index (χ3n) is 4.51. The molecule has 4 nitrogen and oxygen atoms in total. The highest BCUT2D eigenvalue weighted by atomic mass is 79.9. The van der Waals surface area contributed by atoms with E-state index in [0.29, 0.717) is 22.4 Å². The van der Waals surface area contributed by atoms with Crippen LogP contribution in [0.1, 0.15) is 42.1 Å². The van der Waals surface area contributed by atoms with E-state index in [1.165, 1.54) is 16.5 Å². The molecule has 0 aliphatic rings. The van der Waals surface area contributed by atoms with Crippen LogP contribution >= 0.6 is 15.9 Å². The summed E-state index contributed by atoms with van der Waals surface area (Å²) in [7, 11) is 0. The highest BCUT2D eigenvalue weighted by molar-refractivity contribution is 9.10. The minimum atomic E-state index is -0.212. The number of nitrogens with zero attached hydrogens (tertiary/aromatic N) is 2. The second kappa shape index (κ2) is 7.31. The third kappa shape index (κ3) is 3.71. The predicted octanol–water partition coefficient (Wildman–Crippen LogP) is 4.56. The van der Waals surface area contributed by atoms with Crippen molar-refractivity contribution in [3.05, 3.63) is 74.7 Å². The molecular weight excluding hydrogens is 380 g/mol. The SMILES string of the molecule is CC[C@@H](C)c1ccc(C(=O)Cn2cnc3ccc(Br)cc3c2=O)cc1. The van der Waals surface area contributed by atoms with Crippen LogP contribution in [0.2, 0.25) is 0 Å². The van der Waals surface area contributed by atoms with Gasteiger partial charge in [-0.25, -0.2) is 4.98 Å². The molecule has 1 heterocycles. The van der Waals surface area contributed by atoms with Gasteiger partial charge in [-0.1, -0.05) is 54.0 Å². The monoisotopic (exact) mass is 398 g/mol. The average Bonchev–Trinajstić information content (AvgIpc) is 2.64. The van der Waals surface area contributed by atoms with Gasteiger partial charge >= 0.3 is 0 Å². The molecule has 3 aromatic rings. The van der Waals surface area contributed by atoms with Crippen molar-refractivity contribution in [2.45, 2.75) is 32.7 Å². The molecule has 5 heteroatoms. The standard InChI is InChI=1S/C20H19BrN2O2/c1-3-13(2)14-4-6-15(7-5-14)19(24)11-23-12-22-18-9-8-16(21)10-17(18)20(23)25/h4-10,12-13H,3,11H2,1-2H3/t13-/m1/s1. The van der Waals surface area contributed by atoms with Gasteiger partial charge in [-0.15, -0.1) is 0 Å². The topological polar surface area (TPSA) is 52.0 Å². The molecular formula is C20H19BrN2O2. The normalized spacial score (nSPS) is 12.3. The first-order valence-corrected chi connectivity index (χ1v) is 9.06. The van der Waals surface area contributed by atoms with Gasteiger partial charge in [-0.3, -0.25) is 14.2 Å². The molecule has 0 radical (unpaired) electrons. The molecule has 0 amide bonds. The van der Waals surface area contributed by atoms with Gasteiger partial charge in [0.05, 0.1) is 23.8 Å². The average molecular weight is 399 g/mol. The third-order valence-corrected chi connectivity index (χ3v) is 5.01. The lowest BCUT2D eigenvalue weighted by Gasteiger charge is -2.10. The zero-order chi connectivity index (χ0) is 18.0. The van der Waals surface area contributed by atoms with Crippen LogP contribution in [0.25, 0.3) is 10.9 Å². The van der Waals surface area contributed by atoms with Gasteiger partial charge in [0.25, 0.3) is 5.56 Å². The lowest BCUT2D eigenvalue weighted by atomic mass is 9.97. The highest BCUT2D eigenvalue weighted by Gasteiger charge is 2.11. The van der Waals surface area contributed by atoms with Crippen LogP contribution in [0.3, 0.4) is 0 Å². The van der Waals surface area contributed by atoms with E-state index < -0.39 is 0 Å². The van der Waals surface area contributed by atoms with Gasteiger partial charge in [-0.05, 0) is 36.1 Å². The van der Waals surface area contributed by atoms with Gasteiger partial charge in [-0.2, -0.15) is 0 Å². The van der Waals surface area contributed by atoms with E-state index in [1.807, 2.05) is 30.3 Å². The summed E-state index contributed by atoms with van der Waals surface area (Å²) >= 11 is 3.36. The maximum atomic E-state index is 12.6. The second-order valence-corrected chi connectivity index (χ2v) is 7.11. The number of hydrogen-bond acceptors (Lipinski definition) is 3. The number of rotatable bonds is 5. The van der Waals surface area contributed by atoms with Crippen molar-refractivity contribution in [3.8, 4) is 0 Å². The molecule has 0 saturated carbocycles. The molecule has 0 unspecified atom stereocenters. The molecule has 1 aromatic heterocycles. The minimum absolute atomic E-state index is 0.0169. The first kappa shape index (κ1) is 17.5. The van der Waals surface area contributed by atoms with Crippen molar-refractivity contribution >= 4 is 32.6 Å². The quantitative estimate of drug-likeness (QED) is 0.592. The maximum Gasteiger partial charge on any atom is 0.261 e. The molecule has 0 aliphatic heterocycles. The number of ketones is 1. The molecule has 128 valence electrons. The smallest absolute Gasteiger partial charge is 0.261 e. The lowest BCUT2D eigenvalue weighted by Crippen LogP contribution is -2.24. The molecule has 0 fully saturated rings. The van der Waals surface area contributed by atoms with E-state index >= 15 is 0 Å². The van der Waals surface area contributed by atoms with Crippen molar-refractivity contribution in [1.82, 2.24) is 9.55 Å². The maximum absolute atomic E-state index is 12.6. The molecule has 3 rings (SSSR count). The van der Waals surface area contributed by atoms with Crippen molar-refractivity contribution in [3.63, 3.8) is 0 Å². The zero-order valence-corrected chi connectivity index (χ0v) is 15.8. The van der Waals surface area contributed by atoms with Gasteiger partial charge in [0.1, 0.15) is 0 Å². The number of carbonyl (C=O) groups excluding carboxylic acids is 1. The molecule has 0 saturated heterocycles. The van der Waals surface area contributed by atoms with E-state index in [4.69, 9.17) is 0 Å². The zero-order valence-electron chi connectivity index (χ0n) is 14.2. The Morgan fingerprint density at radius 2 is 1.92 bits per heavy atom. The Morgan fingerprint density at radius 3 is 2.60 bits per heavy atom. The number of hydrogen-bond donors (Lipinski definition) is 0. The molecule has 0 aliphatic carbocycles. The molecule has 25 heavy (non-hydrogen) atoms. The molecule has 0 bridgehead atoms. The molecule has 2 aromatic carbocycles. The summed E-state index contributed by atoms with van der Waals surface area (Å²) in [6, 6.07) is 13.0. The van der Waals surface area contributed by atoms with Gasteiger partial charge < -0.3 is 0 Å². The van der Waals surface area contributed by atoms with Gasteiger partial charge in [0.2, 0.25) is 0 Å². The number of halogens is 1. The predicted molar refractivity (Wildman–Crippen MR) is 103 cm³/mol. The summed E-state index contributed by atoms with van der Waals surface area (Å²) in [6.45, 7) is 4.29. The van der Waals surface area contributed by atoms with Crippen LogP contribution in [-0.2, 0) is 6.54 Å². The van der Waals surface area contributed by atoms with Crippen LogP contribution in [0.5, 0.6) is 0 Å². The fourth-order valence-electron chi connectivity index (χ4n) is 2.72. The first-order valence-electron chi connectivity index (χ1n) is 8.27. The largest absolute Gasteiger partial charge is 0.292 e. The van der Waals surface area contributed by atoms with Crippen molar-refractivity contribution in [2.24, 2.45) is 0 Å². The van der Waals surface area contributed by atoms with Gasteiger partial charge in [0.15, 0.2) is 5.78 Å². The lowest BCUT2D eigenvalue weighted by molar-refractivity contribution is 0.0970. The Bertz CT molecular complexity index is 977. The Labute approximate surface area is 154 Å². The first-order chi connectivity index (χ1) is 12.0. The number of Topliss-reactive ketones (excluding diaryl/α,β-unsaturated/α-hetero) is 1. The van der Waals surface area contributed by atoms with Crippen molar-refractivity contribution in [1.29, 1.82) is 0 Å². The Balaban J connectivity index is 1.87. The van der Waals surface area contributed by atoms with E-state index in [-0.39, 0.29) is 17.9 Å². The van der Waals surface area contributed by atoms with E-state index in [9.17, 15) is 9.59 Å². The summed E-state index contributed by atoms with van der Waals surface area (Å²) < 4.78 is 2.17. The fraction of sp³-hybridized carbons (Fsp3) is 0.250. The summed E-state index contributed by atoms with van der Waals surface area (Å²) in [4.78, 5) is 29.4. The van der Waals surface area contributed by atoms with Crippen LogP contribution in [0, 0.1) is 0 Å². The summed E-state index contributed by atoms with van der Waals surface area (Å²) in [6.07, 6.45) is 2.49. The summed E-state index contributed by atoms with van der Waals surface area (Å²) in [5, 5.41) is 0.497. The van der Waals surface area contributed by atoms with Crippen LogP contribution in [-0.4, -0.2) is 15.3 Å². The van der Waals surface area contributed by atoms with Crippen LogP contribution < -0.4 is 5.56 Å².